The molecule has 0 fully saturated rings. The maximum absolute atomic E-state index is 5.76. The number of nitrogens with two attached hydrogens (primary N) is 1. The molecule has 0 aliphatic carbocycles. The first-order chi connectivity index (χ1) is 7.66. The summed E-state index contributed by atoms with van der Waals surface area (Å²) in [4.78, 5) is 5.46. The van der Waals surface area contributed by atoms with Crippen LogP contribution in [0.2, 0.25) is 0 Å². The minimum Gasteiger partial charge on any atom is -0.468 e. The van der Waals surface area contributed by atoms with Gasteiger partial charge < -0.3 is 10.2 Å². The van der Waals surface area contributed by atoms with Crippen molar-refractivity contribution >= 4 is 11.8 Å². The van der Waals surface area contributed by atoms with Gasteiger partial charge in [-0.1, -0.05) is 17.8 Å². The zero-order chi connectivity index (χ0) is 11.5. The lowest BCUT2D eigenvalue weighted by Crippen LogP contribution is -2.04. The summed E-state index contributed by atoms with van der Waals surface area (Å²) in [7, 11) is 0. The highest BCUT2D eigenvalue weighted by atomic mass is 32.2. The van der Waals surface area contributed by atoms with Crippen molar-refractivity contribution in [1.29, 1.82) is 0 Å². The van der Waals surface area contributed by atoms with Crippen molar-refractivity contribution < 1.29 is 4.42 Å². The molecular weight excluding hydrogens is 220 g/mol. The summed E-state index contributed by atoms with van der Waals surface area (Å²) in [5, 5.41) is 0.953. The number of aryl methyl sites for hydroxylation is 1. The lowest BCUT2D eigenvalue weighted by atomic mass is 10.2. The van der Waals surface area contributed by atoms with Gasteiger partial charge in [-0.15, -0.1) is 0 Å². The van der Waals surface area contributed by atoms with Crippen molar-refractivity contribution in [2.45, 2.75) is 29.8 Å². The van der Waals surface area contributed by atoms with E-state index in [1.54, 1.807) is 18.0 Å². The molecule has 3 nitrogen and oxygen atoms in total. The van der Waals surface area contributed by atoms with Crippen LogP contribution in [-0.2, 0) is 0 Å². The maximum Gasteiger partial charge on any atom is 0.114 e. The van der Waals surface area contributed by atoms with Crippen molar-refractivity contribution in [3.05, 3.63) is 42.0 Å². The normalized spacial score (nSPS) is 12.7. The van der Waals surface area contributed by atoms with E-state index in [0.29, 0.717) is 0 Å². The monoisotopic (exact) mass is 234 g/mol. The maximum atomic E-state index is 5.76. The van der Waals surface area contributed by atoms with Crippen LogP contribution in [0.25, 0.3) is 0 Å². The molecule has 16 heavy (non-hydrogen) atoms. The summed E-state index contributed by atoms with van der Waals surface area (Å²) in [5.41, 5.74) is 6.81. The van der Waals surface area contributed by atoms with Gasteiger partial charge in [0.1, 0.15) is 10.8 Å². The first-order valence-electron chi connectivity index (χ1n) is 5.10. The van der Waals surface area contributed by atoms with Crippen LogP contribution in [0.4, 0.5) is 0 Å². The molecule has 2 N–H and O–H groups in total. The fraction of sp³-hybridized carbons (Fsp3) is 0.250. The van der Waals surface area contributed by atoms with Crippen molar-refractivity contribution in [1.82, 2.24) is 4.98 Å². The van der Waals surface area contributed by atoms with Gasteiger partial charge in [0.15, 0.2) is 0 Å². The van der Waals surface area contributed by atoms with E-state index >= 15 is 0 Å². The molecule has 0 saturated carbocycles. The van der Waals surface area contributed by atoms with Gasteiger partial charge in [-0.2, -0.15) is 0 Å². The van der Waals surface area contributed by atoms with E-state index in [1.807, 2.05) is 38.2 Å². The van der Waals surface area contributed by atoms with Crippen molar-refractivity contribution in [2.75, 3.05) is 0 Å². The molecule has 0 amide bonds. The van der Waals surface area contributed by atoms with Gasteiger partial charge in [-0.25, -0.2) is 4.98 Å². The van der Waals surface area contributed by atoms with E-state index in [2.05, 4.69) is 4.98 Å². The number of aromatic nitrogens is 1. The largest absolute Gasteiger partial charge is 0.468 e. The number of nitrogens with zero attached hydrogens (tertiary/aromatic N) is 1. The minimum absolute atomic E-state index is 0.0298. The Balaban J connectivity index is 2.14. The van der Waals surface area contributed by atoms with E-state index in [9.17, 15) is 0 Å². The molecule has 84 valence electrons. The van der Waals surface area contributed by atoms with Gasteiger partial charge in [0, 0.05) is 12.2 Å². The Hall–Kier alpha value is -1.26. The quantitative estimate of drug-likeness (QED) is 0.886. The number of pyridine rings is 1. The first kappa shape index (κ1) is 11.2. The third kappa shape index (κ3) is 2.46. The molecule has 0 aliphatic rings. The Morgan fingerprint density at radius 3 is 2.69 bits per heavy atom. The fourth-order valence-electron chi connectivity index (χ4n) is 1.31. The fourth-order valence-corrected chi connectivity index (χ4v) is 2.10. The number of hydrogen-bond donors (Lipinski definition) is 1. The third-order valence-corrected chi connectivity index (χ3v) is 3.40. The summed E-state index contributed by atoms with van der Waals surface area (Å²) in [6.45, 7) is 3.89. The van der Waals surface area contributed by atoms with Gasteiger partial charge in [0.25, 0.3) is 0 Å². The minimum atomic E-state index is 0.0298. The second kappa shape index (κ2) is 4.72. The van der Waals surface area contributed by atoms with Crippen LogP contribution in [0.5, 0.6) is 0 Å². The summed E-state index contributed by atoms with van der Waals surface area (Å²) in [6, 6.07) is 5.97. The molecular formula is C12H14N2OS. The zero-order valence-corrected chi connectivity index (χ0v) is 10.1. The Labute approximate surface area is 99.1 Å². The van der Waals surface area contributed by atoms with Gasteiger partial charge in [-0.05, 0) is 31.5 Å². The van der Waals surface area contributed by atoms with Crippen LogP contribution in [0, 0.1) is 6.92 Å². The van der Waals surface area contributed by atoms with Crippen molar-refractivity contribution in [2.24, 2.45) is 5.73 Å². The molecule has 1 atom stereocenters. The standard InChI is InChI=1S/C12H14N2OS/c1-8(13)10-3-4-12(14-7-10)16-11-5-6-15-9(11)2/h3-8H,13H2,1-2H3/t8-/m0/s1. The third-order valence-electron chi connectivity index (χ3n) is 2.31. The Kier molecular flexibility index (Phi) is 3.31. The van der Waals surface area contributed by atoms with Gasteiger partial charge in [-0.3, -0.25) is 0 Å². The van der Waals surface area contributed by atoms with Crippen LogP contribution in [0.15, 0.2) is 45.0 Å². The highest BCUT2D eigenvalue weighted by Gasteiger charge is 2.05. The second-order valence-corrected chi connectivity index (χ2v) is 4.72. The molecule has 0 aliphatic heterocycles. The molecule has 2 heterocycles. The molecule has 0 radical (unpaired) electrons. The molecule has 0 saturated heterocycles. The second-order valence-electron chi connectivity index (χ2n) is 3.66. The summed E-state index contributed by atoms with van der Waals surface area (Å²) in [5.74, 6) is 0.920. The van der Waals surface area contributed by atoms with Crippen LogP contribution in [0.3, 0.4) is 0 Å². The molecule has 2 aromatic heterocycles. The highest BCUT2D eigenvalue weighted by Crippen LogP contribution is 2.29. The molecule has 0 spiro atoms. The predicted octanol–water partition coefficient (Wildman–Crippen LogP) is 3.15. The van der Waals surface area contributed by atoms with Crippen LogP contribution < -0.4 is 5.73 Å². The Morgan fingerprint density at radius 2 is 2.19 bits per heavy atom. The topological polar surface area (TPSA) is 52.0 Å². The molecule has 0 aromatic carbocycles. The van der Waals surface area contributed by atoms with Gasteiger partial charge >= 0.3 is 0 Å². The molecule has 2 aromatic rings. The van der Waals surface area contributed by atoms with Crippen molar-refractivity contribution in [3.8, 4) is 0 Å². The molecule has 2 rings (SSSR count). The van der Waals surface area contributed by atoms with E-state index in [4.69, 9.17) is 10.2 Å². The molecule has 0 unspecified atom stereocenters. The lowest BCUT2D eigenvalue weighted by molar-refractivity contribution is 0.527. The first-order valence-corrected chi connectivity index (χ1v) is 5.92. The summed E-state index contributed by atoms with van der Waals surface area (Å²) in [6.07, 6.45) is 3.51. The van der Waals surface area contributed by atoms with E-state index in [0.717, 1.165) is 21.2 Å². The molecule has 0 bridgehead atoms. The van der Waals surface area contributed by atoms with E-state index in [1.165, 1.54) is 0 Å². The van der Waals surface area contributed by atoms with Crippen LogP contribution in [-0.4, -0.2) is 4.98 Å². The molecule has 4 heteroatoms. The van der Waals surface area contributed by atoms with Crippen LogP contribution >= 0.6 is 11.8 Å². The van der Waals surface area contributed by atoms with Crippen LogP contribution in [0.1, 0.15) is 24.3 Å². The van der Waals surface area contributed by atoms with E-state index < -0.39 is 0 Å². The number of hydrogen-bond acceptors (Lipinski definition) is 4. The summed E-state index contributed by atoms with van der Waals surface area (Å²) >= 11 is 1.60. The van der Waals surface area contributed by atoms with Gasteiger partial charge in [0.05, 0.1) is 11.2 Å². The Morgan fingerprint density at radius 1 is 1.38 bits per heavy atom. The average Bonchev–Trinajstić information content (AvgIpc) is 2.65. The average molecular weight is 234 g/mol. The van der Waals surface area contributed by atoms with Gasteiger partial charge in [0.2, 0.25) is 0 Å². The highest BCUT2D eigenvalue weighted by molar-refractivity contribution is 7.99. The Bertz CT molecular complexity index is 462. The van der Waals surface area contributed by atoms with Crippen molar-refractivity contribution in [3.63, 3.8) is 0 Å². The smallest absolute Gasteiger partial charge is 0.114 e. The number of furan rings is 1. The number of rotatable bonds is 3. The predicted molar refractivity (Wildman–Crippen MR) is 64.4 cm³/mol. The SMILES string of the molecule is Cc1occc1Sc1ccc([C@H](C)N)cn1. The lowest BCUT2D eigenvalue weighted by Gasteiger charge is -2.05. The van der Waals surface area contributed by atoms with E-state index in [-0.39, 0.29) is 6.04 Å². The summed E-state index contributed by atoms with van der Waals surface area (Å²) < 4.78 is 5.23. The zero-order valence-electron chi connectivity index (χ0n) is 9.31.